The standard InChI is InChI=1S/C24H32N2O6/c1-30-19-5-6-20(31-2)18(14-19)15-26(8-7-25-9-11-32-12-10-25)23(27)21-16-3-4-17(13-16)22(21)24(28)29/h3-6,14,16-17,21-22H,7-13,15H2,1-2H3,(H,28,29). The second kappa shape index (κ2) is 9.92. The summed E-state index contributed by atoms with van der Waals surface area (Å²) in [5.41, 5.74) is 0.841. The molecule has 1 heterocycles. The zero-order valence-corrected chi connectivity index (χ0v) is 18.7. The highest BCUT2D eigenvalue weighted by atomic mass is 16.5. The minimum absolute atomic E-state index is 0.00769. The molecule has 0 aromatic heterocycles. The third-order valence-electron chi connectivity index (χ3n) is 6.98. The molecular formula is C24H32N2O6. The summed E-state index contributed by atoms with van der Waals surface area (Å²) in [7, 11) is 3.21. The summed E-state index contributed by atoms with van der Waals surface area (Å²) in [6, 6.07) is 5.53. The van der Waals surface area contributed by atoms with Crippen LogP contribution in [0.4, 0.5) is 0 Å². The average Bonchev–Trinajstić information content (AvgIpc) is 3.43. The molecule has 0 spiro atoms. The first-order valence-electron chi connectivity index (χ1n) is 11.2. The number of rotatable bonds is 9. The Morgan fingerprint density at radius 3 is 2.50 bits per heavy atom. The van der Waals surface area contributed by atoms with Crippen LogP contribution in [0, 0.1) is 23.7 Å². The summed E-state index contributed by atoms with van der Waals surface area (Å²) in [6.07, 6.45) is 4.74. The van der Waals surface area contributed by atoms with Crippen molar-refractivity contribution in [1.29, 1.82) is 0 Å². The van der Waals surface area contributed by atoms with Gasteiger partial charge in [-0.2, -0.15) is 0 Å². The number of carbonyl (C=O) groups excluding carboxylic acids is 1. The van der Waals surface area contributed by atoms with E-state index in [4.69, 9.17) is 14.2 Å². The van der Waals surface area contributed by atoms with Crippen LogP contribution in [0.2, 0.25) is 0 Å². The molecule has 1 saturated heterocycles. The Balaban J connectivity index is 1.58. The number of benzene rings is 1. The average molecular weight is 445 g/mol. The summed E-state index contributed by atoms with van der Waals surface area (Å²) in [6.45, 7) is 4.62. The van der Waals surface area contributed by atoms with Crippen molar-refractivity contribution in [1.82, 2.24) is 9.80 Å². The number of hydrogen-bond acceptors (Lipinski definition) is 6. The number of carboxylic acid groups (broad SMARTS) is 1. The van der Waals surface area contributed by atoms with Crippen LogP contribution in [-0.4, -0.2) is 80.4 Å². The van der Waals surface area contributed by atoms with E-state index in [2.05, 4.69) is 4.90 Å². The molecule has 1 aromatic rings. The summed E-state index contributed by atoms with van der Waals surface area (Å²) < 4.78 is 16.3. The molecule has 4 unspecified atom stereocenters. The van der Waals surface area contributed by atoms with Gasteiger partial charge < -0.3 is 24.2 Å². The van der Waals surface area contributed by atoms with E-state index in [1.807, 2.05) is 35.3 Å². The van der Waals surface area contributed by atoms with E-state index in [0.29, 0.717) is 37.8 Å². The molecular weight excluding hydrogens is 412 g/mol. The van der Waals surface area contributed by atoms with Crippen molar-refractivity contribution >= 4 is 11.9 Å². The molecule has 1 N–H and O–H groups in total. The van der Waals surface area contributed by atoms with E-state index in [-0.39, 0.29) is 17.7 Å². The molecule has 0 radical (unpaired) electrons. The maximum Gasteiger partial charge on any atom is 0.307 e. The SMILES string of the molecule is COc1ccc(OC)c(CN(CCN2CCOCC2)C(=O)C2C3C=CC(C3)C2C(=O)O)c1. The summed E-state index contributed by atoms with van der Waals surface area (Å²) >= 11 is 0. The maximum absolute atomic E-state index is 13.8. The molecule has 1 aromatic carbocycles. The lowest BCUT2D eigenvalue weighted by atomic mass is 9.82. The maximum atomic E-state index is 13.8. The van der Waals surface area contributed by atoms with E-state index < -0.39 is 17.8 Å². The van der Waals surface area contributed by atoms with Crippen LogP contribution in [0.1, 0.15) is 12.0 Å². The molecule has 2 fully saturated rings. The largest absolute Gasteiger partial charge is 0.497 e. The Bertz CT molecular complexity index is 866. The van der Waals surface area contributed by atoms with Gasteiger partial charge in [0.25, 0.3) is 0 Å². The van der Waals surface area contributed by atoms with Gasteiger partial charge in [0, 0.05) is 38.3 Å². The zero-order chi connectivity index (χ0) is 22.7. The van der Waals surface area contributed by atoms with Crippen LogP contribution < -0.4 is 9.47 Å². The highest BCUT2D eigenvalue weighted by Gasteiger charge is 2.52. The van der Waals surface area contributed by atoms with Crippen LogP contribution in [0.15, 0.2) is 30.4 Å². The summed E-state index contributed by atoms with van der Waals surface area (Å²) in [5.74, 6) is -0.852. The second-order valence-electron chi connectivity index (χ2n) is 8.73. The van der Waals surface area contributed by atoms with Crippen LogP contribution in [0.25, 0.3) is 0 Å². The summed E-state index contributed by atoms with van der Waals surface area (Å²) in [4.78, 5) is 29.9. The first-order valence-corrected chi connectivity index (χ1v) is 11.2. The van der Waals surface area contributed by atoms with Crippen LogP contribution in [0.3, 0.4) is 0 Å². The van der Waals surface area contributed by atoms with Gasteiger partial charge in [0.1, 0.15) is 11.5 Å². The lowest BCUT2D eigenvalue weighted by molar-refractivity contribution is -0.151. The van der Waals surface area contributed by atoms with Crippen molar-refractivity contribution < 1.29 is 28.9 Å². The lowest BCUT2D eigenvalue weighted by Crippen LogP contribution is -2.47. The van der Waals surface area contributed by atoms with E-state index in [1.54, 1.807) is 14.2 Å². The number of amides is 1. The normalized spacial score (nSPS) is 26.8. The first kappa shape index (κ1) is 22.6. The van der Waals surface area contributed by atoms with Gasteiger partial charge in [-0.15, -0.1) is 0 Å². The molecule has 174 valence electrons. The van der Waals surface area contributed by atoms with Crippen molar-refractivity contribution in [2.45, 2.75) is 13.0 Å². The third-order valence-corrected chi connectivity index (χ3v) is 6.98. The fraction of sp³-hybridized carbons (Fsp3) is 0.583. The predicted molar refractivity (Wildman–Crippen MR) is 118 cm³/mol. The zero-order valence-electron chi connectivity index (χ0n) is 18.7. The Labute approximate surface area is 188 Å². The number of methoxy groups -OCH3 is 2. The van der Waals surface area contributed by atoms with Crippen molar-refractivity contribution in [3.63, 3.8) is 0 Å². The van der Waals surface area contributed by atoms with Gasteiger partial charge in [0.15, 0.2) is 0 Å². The van der Waals surface area contributed by atoms with E-state index in [1.165, 1.54) is 0 Å². The number of ether oxygens (including phenoxy) is 3. The van der Waals surface area contributed by atoms with Crippen molar-refractivity contribution in [3.05, 3.63) is 35.9 Å². The van der Waals surface area contributed by atoms with Gasteiger partial charge in [0.05, 0.1) is 39.3 Å². The fourth-order valence-corrected chi connectivity index (χ4v) is 5.27. The number of fused-ring (bicyclic) bond motifs is 2. The summed E-state index contributed by atoms with van der Waals surface area (Å²) in [5, 5.41) is 9.85. The number of carboxylic acids is 1. The highest BCUT2D eigenvalue weighted by molar-refractivity contribution is 5.87. The molecule has 4 atom stereocenters. The Morgan fingerprint density at radius 1 is 1.12 bits per heavy atom. The number of carbonyl (C=O) groups is 2. The molecule has 8 heteroatoms. The Morgan fingerprint density at radius 2 is 1.84 bits per heavy atom. The van der Waals surface area contributed by atoms with Gasteiger partial charge in [0.2, 0.25) is 5.91 Å². The highest BCUT2D eigenvalue weighted by Crippen LogP contribution is 2.49. The number of aliphatic carboxylic acids is 1. The van der Waals surface area contributed by atoms with Gasteiger partial charge in [-0.25, -0.2) is 0 Å². The smallest absolute Gasteiger partial charge is 0.307 e. The molecule has 1 saturated carbocycles. The van der Waals surface area contributed by atoms with E-state index >= 15 is 0 Å². The van der Waals surface area contributed by atoms with Crippen molar-refractivity contribution in [2.24, 2.45) is 23.7 Å². The molecule has 3 aliphatic rings. The van der Waals surface area contributed by atoms with Gasteiger partial charge in [-0.05, 0) is 36.5 Å². The monoisotopic (exact) mass is 444 g/mol. The van der Waals surface area contributed by atoms with Crippen LogP contribution >= 0.6 is 0 Å². The number of nitrogens with zero attached hydrogens (tertiary/aromatic N) is 2. The molecule has 4 rings (SSSR count). The Hall–Kier alpha value is -2.58. The van der Waals surface area contributed by atoms with Crippen LogP contribution in [-0.2, 0) is 20.9 Å². The van der Waals surface area contributed by atoms with E-state index in [9.17, 15) is 14.7 Å². The number of allylic oxidation sites excluding steroid dienone is 2. The molecule has 32 heavy (non-hydrogen) atoms. The molecule has 1 aliphatic heterocycles. The van der Waals surface area contributed by atoms with Gasteiger partial charge in [-0.1, -0.05) is 12.2 Å². The molecule has 2 bridgehead atoms. The lowest BCUT2D eigenvalue weighted by Gasteiger charge is -2.34. The first-order chi connectivity index (χ1) is 15.5. The molecule has 2 aliphatic carbocycles. The second-order valence-corrected chi connectivity index (χ2v) is 8.73. The van der Waals surface area contributed by atoms with Crippen molar-refractivity contribution in [3.8, 4) is 11.5 Å². The van der Waals surface area contributed by atoms with E-state index in [0.717, 1.165) is 31.6 Å². The Kier molecular flexibility index (Phi) is 7.01. The van der Waals surface area contributed by atoms with Gasteiger partial charge >= 0.3 is 5.97 Å². The fourth-order valence-electron chi connectivity index (χ4n) is 5.27. The quantitative estimate of drug-likeness (QED) is 0.582. The number of morpholine rings is 1. The van der Waals surface area contributed by atoms with Crippen molar-refractivity contribution in [2.75, 3.05) is 53.6 Å². The molecule has 8 nitrogen and oxygen atoms in total. The number of hydrogen-bond donors (Lipinski definition) is 1. The van der Waals surface area contributed by atoms with Crippen LogP contribution in [0.5, 0.6) is 11.5 Å². The van der Waals surface area contributed by atoms with Gasteiger partial charge in [-0.3, -0.25) is 14.5 Å². The minimum Gasteiger partial charge on any atom is -0.497 e. The predicted octanol–water partition coefficient (Wildman–Crippen LogP) is 1.89. The molecule has 1 amide bonds. The third kappa shape index (κ3) is 4.61. The topological polar surface area (TPSA) is 88.5 Å². The minimum atomic E-state index is -0.882.